The minimum atomic E-state index is -0.171. The zero-order valence-electron chi connectivity index (χ0n) is 9.75. The van der Waals surface area contributed by atoms with Crippen LogP contribution in [-0.2, 0) is 4.74 Å². The first-order chi connectivity index (χ1) is 7.72. The highest BCUT2D eigenvalue weighted by molar-refractivity contribution is 14.1. The van der Waals surface area contributed by atoms with Gasteiger partial charge in [-0.1, -0.05) is 54.6 Å². The highest BCUT2D eigenvalue weighted by atomic mass is 127. The maximum absolute atomic E-state index is 13.6. The van der Waals surface area contributed by atoms with E-state index in [9.17, 15) is 4.39 Å². The van der Waals surface area contributed by atoms with Gasteiger partial charge in [-0.3, -0.25) is 0 Å². The first-order valence-corrected chi connectivity index (χ1v) is 7.21. The van der Waals surface area contributed by atoms with E-state index in [0.717, 1.165) is 17.3 Å². The first kappa shape index (κ1) is 13.9. The molecule has 0 radical (unpaired) electrons. The fraction of sp³-hybridized carbons (Fsp3) is 0.538. The summed E-state index contributed by atoms with van der Waals surface area (Å²) in [6.45, 7) is 4.19. The number of hydrogen-bond donors (Lipinski definition) is 0. The van der Waals surface area contributed by atoms with Gasteiger partial charge >= 0.3 is 0 Å². The topological polar surface area (TPSA) is 9.23 Å². The lowest BCUT2D eigenvalue weighted by molar-refractivity contribution is -0.00465. The van der Waals surface area contributed by atoms with Crippen LogP contribution < -0.4 is 0 Å². The van der Waals surface area contributed by atoms with Crippen LogP contribution in [0.15, 0.2) is 24.3 Å². The molecule has 0 aliphatic rings. The van der Waals surface area contributed by atoms with Crippen LogP contribution in [0.25, 0.3) is 0 Å². The van der Waals surface area contributed by atoms with Crippen molar-refractivity contribution in [2.75, 3.05) is 4.43 Å². The Balaban J connectivity index is 2.78. The molecule has 16 heavy (non-hydrogen) atoms. The van der Waals surface area contributed by atoms with Crippen LogP contribution in [0.4, 0.5) is 4.39 Å². The van der Waals surface area contributed by atoms with Gasteiger partial charge < -0.3 is 4.74 Å². The lowest BCUT2D eigenvalue weighted by Crippen LogP contribution is -2.17. The van der Waals surface area contributed by atoms with Crippen LogP contribution in [0.5, 0.6) is 0 Å². The van der Waals surface area contributed by atoms with Crippen molar-refractivity contribution in [1.82, 2.24) is 0 Å². The van der Waals surface area contributed by atoms with E-state index in [1.807, 2.05) is 6.07 Å². The van der Waals surface area contributed by atoms with Crippen LogP contribution in [0.1, 0.15) is 38.4 Å². The molecule has 1 atom stereocenters. The van der Waals surface area contributed by atoms with E-state index in [-0.39, 0.29) is 18.0 Å². The Morgan fingerprint density at radius 1 is 1.25 bits per heavy atom. The van der Waals surface area contributed by atoms with E-state index < -0.39 is 0 Å². The number of hydrogen-bond acceptors (Lipinski definition) is 1. The predicted octanol–water partition coefficient (Wildman–Crippen LogP) is 4.51. The van der Waals surface area contributed by atoms with Gasteiger partial charge in [0, 0.05) is 9.99 Å². The van der Waals surface area contributed by atoms with Gasteiger partial charge in [0.15, 0.2) is 0 Å². The Labute approximate surface area is 111 Å². The van der Waals surface area contributed by atoms with E-state index in [2.05, 4.69) is 36.4 Å². The molecule has 0 amide bonds. The summed E-state index contributed by atoms with van der Waals surface area (Å²) >= 11 is 2.24. The molecule has 1 nitrogen and oxygen atoms in total. The third kappa shape index (κ3) is 3.70. The summed E-state index contributed by atoms with van der Waals surface area (Å²) in [6.07, 6.45) is 2.03. The maximum atomic E-state index is 13.6. The highest BCUT2D eigenvalue weighted by Gasteiger charge is 2.18. The van der Waals surface area contributed by atoms with Crippen LogP contribution in [0, 0.1) is 5.82 Å². The number of rotatable bonds is 6. The van der Waals surface area contributed by atoms with Gasteiger partial charge in [0.05, 0.1) is 12.2 Å². The minimum absolute atomic E-state index is 0.133. The van der Waals surface area contributed by atoms with E-state index in [1.165, 1.54) is 6.07 Å². The van der Waals surface area contributed by atoms with Crippen molar-refractivity contribution in [1.29, 1.82) is 0 Å². The zero-order chi connectivity index (χ0) is 12.0. The third-order valence-electron chi connectivity index (χ3n) is 2.66. The number of benzene rings is 1. The summed E-state index contributed by atoms with van der Waals surface area (Å²) in [7, 11) is 0. The molecule has 0 bridgehead atoms. The van der Waals surface area contributed by atoms with Gasteiger partial charge in [0.25, 0.3) is 0 Å². The molecule has 0 spiro atoms. The molecule has 0 fully saturated rings. The molecule has 1 rings (SSSR count). The van der Waals surface area contributed by atoms with E-state index in [1.54, 1.807) is 12.1 Å². The minimum Gasteiger partial charge on any atom is -0.369 e. The molecule has 0 heterocycles. The van der Waals surface area contributed by atoms with Crippen molar-refractivity contribution in [2.24, 2.45) is 0 Å². The van der Waals surface area contributed by atoms with Crippen molar-refractivity contribution >= 4 is 22.6 Å². The summed E-state index contributed by atoms with van der Waals surface area (Å²) in [4.78, 5) is 0. The Hall–Kier alpha value is -0.160. The monoisotopic (exact) mass is 336 g/mol. The Morgan fingerprint density at radius 3 is 2.38 bits per heavy atom. The van der Waals surface area contributed by atoms with Gasteiger partial charge in [-0.25, -0.2) is 4.39 Å². The summed E-state index contributed by atoms with van der Waals surface area (Å²) in [5.41, 5.74) is 0.670. The average Bonchev–Trinajstić information content (AvgIpc) is 2.32. The van der Waals surface area contributed by atoms with E-state index in [0.29, 0.717) is 5.56 Å². The molecule has 90 valence electrons. The highest BCUT2D eigenvalue weighted by Crippen LogP contribution is 2.25. The largest absolute Gasteiger partial charge is 0.369 e. The average molecular weight is 336 g/mol. The molecular formula is C13H18FIO. The lowest BCUT2D eigenvalue weighted by atomic mass is 10.1. The number of ether oxygens (including phenoxy) is 1. The zero-order valence-corrected chi connectivity index (χ0v) is 11.9. The number of alkyl halides is 1. The summed E-state index contributed by atoms with van der Waals surface area (Å²) < 4.78 is 20.3. The number of halogens is 2. The fourth-order valence-corrected chi connectivity index (χ4v) is 2.32. The molecule has 1 unspecified atom stereocenters. The smallest absolute Gasteiger partial charge is 0.129 e. The van der Waals surface area contributed by atoms with Crippen molar-refractivity contribution in [3.63, 3.8) is 0 Å². The maximum Gasteiger partial charge on any atom is 0.129 e. The van der Waals surface area contributed by atoms with Crippen molar-refractivity contribution in [3.05, 3.63) is 35.6 Å². The normalized spacial score (nSPS) is 13.1. The second-order valence-electron chi connectivity index (χ2n) is 3.74. The Bertz CT molecular complexity index is 313. The second-order valence-corrected chi connectivity index (χ2v) is 4.62. The third-order valence-corrected chi connectivity index (χ3v) is 3.46. The molecule has 0 aromatic heterocycles. The Morgan fingerprint density at radius 2 is 1.88 bits per heavy atom. The van der Waals surface area contributed by atoms with Gasteiger partial charge in [-0.2, -0.15) is 0 Å². The molecular weight excluding hydrogens is 318 g/mol. The molecule has 1 aromatic rings. The van der Waals surface area contributed by atoms with Crippen LogP contribution >= 0.6 is 22.6 Å². The van der Waals surface area contributed by atoms with Gasteiger partial charge in [-0.15, -0.1) is 0 Å². The van der Waals surface area contributed by atoms with E-state index in [4.69, 9.17) is 4.74 Å². The van der Waals surface area contributed by atoms with Crippen LogP contribution in [0.2, 0.25) is 0 Å². The Kier molecular flexibility index (Phi) is 6.28. The SMILES string of the molecule is CCC(CC)OC(CI)c1ccccc1F. The van der Waals surface area contributed by atoms with Gasteiger partial charge in [0.2, 0.25) is 0 Å². The molecule has 0 aliphatic carbocycles. The molecule has 3 heteroatoms. The van der Waals surface area contributed by atoms with Gasteiger partial charge in [0.1, 0.15) is 5.82 Å². The molecule has 0 N–H and O–H groups in total. The molecule has 0 saturated heterocycles. The standard InChI is InChI=1S/C13H18FIO/c1-3-10(4-2)16-13(9-15)11-7-5-6-8-12(11)14/h5-8,10,13H,3-4,9H2,1-2H3. The van der Waals surface area contributed by atoms with Crippen molar-refractivity contribution in [3.8, 4) is 0 Å². The second kappa shape index (κ2) is 7.22. The van der Waals surface area contributed by atoms with Crippen molar-refractivity contribution < 1.29 is 9.13 Å². The molecule has 0 aliphatic heterocycles. The quantitative estimate of drug-likeness (QED) is 0.549. The predicted molar refractivity (Wildman–Crippen MR) is 73.5 cm³/mol. The fourth-order valence-electron chi connectivity index (χ4n) is 1.64. The summed E-state index contributed by atoms with van der Waals surface area (Å²) in [6, 6.07) is 6.86. The first-order valence-electron chi connectivity index (χ1n) is 5.68. The van der Waals surface area contributed by atoms with Gasteiger partial charge in [-0.05, 0) is 18.9 Å². The van der Waals surface area contributed by atoms with Crippen LogP contribution in [0.3, 0.4) is 0 Å². The summed E-state index contributed by atoms with van der Waals surface area (Å²) in [5, 5.41) is 0. The molecule has 0 saturated carbocycles. The lowest BCUT2D eigenvalue weighted by Gasteiger charge is -2.22. The van der Waals surface area contributed by atoms with Crippen molar-refractivity contribution in [2.45, 2.75) is 38.9 Å². The molecule has 1 aromatic carbocycles. The summed E-state index contributed by atoms with van der Waals surface area (Å²) in [5.74, 6) is -0.171. The van der Waals surface area contributed by atoms with E-state index >= 15 is 0 Å². The van der Waals surface area contributed by atoms with Crippen LogP contribution in [-0.4, -0.2) is 10.5 Å².